The molecule has 0 saturated heterocycles. The third-order valence-corrected chi connectivity index (χ3v) is 5.95. The summed E-state index contributed by atoms with van der Waals surface area (Å²) in [5.74, 6) is 2.91. The van der Waals surface area contributed by atoms with Crippen molar-refractivity contribution in [3.63, 3.8) is 0 Å². The first kappa shape index (κ1) is 15.9. The fraction of sp³-hybridized carbons (Fsp3) is 0.111. The minimum Gasteiger partial charge on any atom is -0.115 e. The molecule has 27 heavy (non-hydrogen) atoms. The predicted molar refractivity (Wildman–Crippen MR) is 112 cm³/mol. The lowest BCUT2D eigenvalue weighted by atomic mass is 9.66. The summed E-state index contributed by atoms with van der Waals surface area (Å²) in [6, 6.07) is 30.6. The summed E-state index contributed by atoms with van der Waals surface area (Å²) in [4.78, 5) is 0. The molecule has 0 atom stereocenters. The summed E-state index contributed by atoms with van der Waals surface area (Å²) in [6.07, 6.45) is 10.0. The molecule has 0 heteroatoms. The van der Waals surface area contributed by atoms with E-state index < -0.39 is 0 Å². The minimum absolute atomic E-state index is 0.309. The summed E-state index contributed by atoms with van der Waals surface area (Å²) in [5, 5.41) is 0. The van der Waals surface area contributed by atoms with Crippen LogP contribution in [0.2, 0.25) is 0 Å². The molecule has 2 aliphatic carbocycles. The molecular formula is C27H20. The molecule has 0 amide bonds. The Hall–Kier alpha value is -3.30. The fourth-order valence-electron chi connectivity index (χ4n) is 4.84. The molecule has 128 valence electrons. The van der Waals surface area contributed by atoms with Crippen molar-refractivity contribution in [2.75, 3.05) is 0 Å². The highest BCUT2D eigenvalue weighted by Crippen LogP contribution is 2.57. The van der Waals surface area contributed by atoms with Gasteiger partial charge in [-0.15, -0.1) is 6.42 Å². The Bertz CT molecular complexity index is 1070. The second kappa shape index (κ2) is 6.15. The van der Waals surface area contributed by atoms with E-state index in [2.05, 4.69) is 96.9 Å². The number of rotatable bonds is 2. The molecule has 2 aliphatic rings. The Morgan fingerprint density at radius 2 is 1.30 bits per heavy atom. The van der Waals surface area contributed by atoms with Gasteiger partial charge in [-0.25, -0.2) is 0 Å². The van der Waals surface area contributed by atoms with Crippen LogP contribution >= 0.6 is 0 Å². The van der Waals surface area contributed by atoms with Crippen molar-refractivity contribution in [2.24, 2.45) is 0 Å². The lowest BCUT2D eigenvalue weighted by molar-refractivity contribution is 0.755. The number of hydrogen-bond donors (Lipinski definition) is 0. The van der Waals surface area contributed by atoms with Gasteiger partial charge in [-0.2, -0.15) is 0 Å². The molecule has 0 spiro atoms. The van der Waals surface area contributed by atoms with Crippen molar-refractivity contribution in [3.05, 3.63) is 124 Å². The average molecular weight is 344 g/mol. The van der Waals surface area contributed by atoms with Gasteiger partial charge in [0, 0.05) is 5.57 Å². The minimum atomic E-state index is -0.309. The Balaban J connectivity index is 1.94. The normalized spacial score (nSPS) is 16.9. The summed E-state index contributed by atoms with van der Waals surface area (Å²) in [7, 11) is 0. The molecule has 0 nitrogen and oxygen atoms in total. The molecule has 0 heterocycles. The number of allylic oxidation sites excluding steroid dienone is 4. The first-order valence-corrected chi connectivity index (χ1v) is 9.47. The van der Waals surface area contributed by atoms with E-state index in [1.54, 1.807) is 0 Å². The molecule has 0 aromatic heterocycles. The van der Waals surface area contributed by atoms with Crippen LogP contribution in [-0.4, -0.2) is 0 Å². The zero-order valence-corrected chi connectivity index (χ0v) is 15.2. The Morgan fingerprint density at radius 3 is 1.93 bits per heavy atom. The molecule has 0 N–H and O–H groups in total. The van der Waals surface area contributed by atoms with Crippen LogP contribution in [-0.2, 0) is 5.41 Å². The number of fused-ring (bicyclic) bond motifs is 2. The van der Waals surface area contributed by atoms with Crippen LogP contribution in [0.15, 0.2) is 102 Å². The van der Waals surface area contributed by atoms with Crippen LogP contribution in [0.25, 0.3) is 5.57 Å². The molecule has 0 bridgehead atoms. The third-order valence-electron chi connectivity index (χ3n) is 5.95. The van der Waals surface area contributed by atoms with E-state index in [-0.39, 0.29) is 5.41 Å². The van der Waals surface area contributed by atoms with Gasteiger partial charge < -0.3 is 0 Å². The zero-order valence-electron chi connectivity index (χ0n) is 15.2. The fourth-order valence-corrected chi connectivity index (χ4v) is 4.84. The molecule has 0 aliphatic heterocycles. The molecule has 3 aromatic rings. The average Bonchev–Trinajstić information content (AvgIpc) is 3.05. The number of benzene rings is 3. The van der Waals surface area contributed by atoms with Crippen LogP contribution < -0.4 is 0 Å². The standard InChI is InChI=1S/C27H20/c1-2-20-17-18-24-23-15-9-10-16-25(23)27(26(24)19-20,21-11-5-3-6-12-21)22-13-7-4-8-14-22/h1,3-16,19H,17-18H2. The lowest BCUT2D eigenvalue weighted by Gasteiger charge is -2.35. The van der Waals surface area contributed by atoms with Crippen LogP contribution in [0, 0.1) is 12.3 Å². The van der Waals surface area contributed by atoms with Crippen molar-refractivity contribution in [2.45, 2.75) is 18.3 Å². The van der Waals surface area contributed by atoms with Gasteiger partial charge in [0.15, 0.2) is 0 Å². The van der Waals surface area contributed by atoms with Crippen molar-refractivity contribution in [3.8, 4) is 12.3 Å². The van der Waals surface area contributed by atoms with Gasteiger partial charge in [0.1, 0.15) is 0 Å². The van der Waals surface area contributed by atoms with Gasteiger partial charge in [-0.1, -0.05) is 90.8 Å². The van der Waals surface area contributed by atoms with Gasteiger partial charge in [0.2, 0.25) is 0 Å². The van der Waals surface area contributed by atoms with E-state index in [0.29, 0.717) is 0 Å². The van der Waals surface area contributed by atoms with E-state index in [1.807, 2.05) is 0 Å². The van der Waals surface area contributed by atoms with Crippen molar-refractivity contribution < 1.29 is 0 Å². The van der Waals surface area contributed by atoms with Crippen LogP contribution in [0.1, 0.15) is 35.1 Å². The second-order valence-corrected chi connectivity index (χ2v) is 7.23. The van der Waals surface area contributed by atoms with E-state index in [0.717, 1.165) is 18.4 Å². The summed E-state index contributed by atoms with van der Waals surface area (Å²) >= 11 is 0. The Morgan fingerprint density at radius 1 is 0.704 bits per heavy atom. The van der Waals surface area contributed by atoms with Gasteiger partial charge in [0.25, 0.3) is 0 Å². The monoisotopic (exact) mass is 344 g/mol. The highest BCUT2D eigenvalue weighted by atomic mass is 14.5. The maximum atomic E-state index is 5.82. The quantitative estimate of drug-likeness (QED) is 0.490. The first-order chi connectivity index (χ1) is 13.4. The van der Waals surface area contributed by atoms with E-state index in [9.17, 15) is 0 Å². The lowest BCUT2D eigenvalue weighted by Crippen LogP contribution is -2.29. The number of terminal acetylenes is 1. The van der Waals surface area contributed by atoms with Gasteiger partial charge in [-0.05, 0) is 52.3 Å². The molecule has 3 aromatic carbocycles. The largest absolute Gasteiger partial charge is 0.115 e. The molecule has 0 radical (unpaired) electrons. The molecule has 0 unspecified atom stereocenters. The molecule has 0 saturated carbocycles. The predicted octanol–water partition coefficient (Wildman–Crippen LogP) is 6.14. The topological polar surface area (TPSA) is 0 Å². The highest BCUT2D eigenvalue weighted by Gasteiger charge is 2.47. The maximum absolute atomic E-state index is 5.82. The second-order valence-electron chi connectivity index (χ2n) is 7.23. The van der Waals surface area contributed by atoms with E-state index in [1.165, 1.54) is 33.4 Å². The Kier molecular flexibility index (Phi) is 3.62. The van der Waals surface area contributed by atoms with Gasteiger partial charge in [-0.3, -0.25) is 0 Å². The zero-order chi connectivity index (χ0) is 18.3. The van der Waals surface area contributed by atoms with Gasteiger partial charge in [0.05, 0.1) is 5.41 Å². The van der Waals surface area contributed by atoms with Crippen molar-refractivity contribution in [1.82, 2.24) is 0 Å². The molecular weight excluding hydrogens is 324 g/mol. The van der Waals surface area contributed by atoms with Crippen LogP contribution in [0.5, 0.6) is 0 Å². The van der Waals surface area contributed by atoms with E-state index in [4.69, 9.17) is 6.42 Å². The van der Waals surface area contributed by atoms with Crippen LogP contribution in [0.3, 0.4) is 0 Å². The molecule has 0 fully saturated rings. The smallest absolute Gasteiger partial charge is 0.0710 e. The van der Waals surface area contributed by atoms with Gasteiger partial charge >= 0.3 is 0 Å². The van der Waals surface area contributed by atoms with E-state index >= 15 is 0 Å². The van der Waals surface area contributed by atoms with Crippen molar-refractivity contribution in [1.29, 1.82) is 0 Å². The van der Waals surface area contributed by atoms with Crippen molar-refractivity contribution >= 4 is 5.57 Å². The Labute approximate surface area is 160 Å². The summed E-state index contributed by atoms with van der Waals surface area (Å²) < 4.78 is 0. The number of hydrogen-bond acceptors (Lipinski definition) is 0. The first-order valence-electron chi connectivity index (χ1n) is 9.47. The van der Waals surface area contributed by atoms with Crippen LogP contribution in [0.4, 0.5) is 0 Å². The molecule has 5 rings (SSSR count). The summed E-state index contributed by atoms with van der Waals surface area (Å²) in [5.41, 5.74) is 8.90. The SMILES string of the molecule is C#CC1=CC2=C(CC1)c1ccccc1C2(c1ccccc1)c1ccccc1. The maximum Gasteiger partial charge on any atom is 0.0710 e. The third kappa shape index (κ3) is 2.19. The summed E-state index contributed by atoms with van der Waals surface area (Å²) in [6.45, 7) is 0. The highest BCUT2D eigenvalue weighted by molar-refractivity contribution is 5.88.